The second-order valence-electron chi connectivity index (χ2n) is 4.92. The molecule has 0 spiro atoms. The van der Waals surface area contributed by atoms with Gasteiger partial charge in [-0.1, -0.05) is 0 Å². The van der Waals surface area contributed by atoms with Crippen LogP contribution in [0.3, 0.4) is 0 Å². The molecule has 1 aromatic carbocycles. The molecule has 0 saturated heterocycles. The molecule has 0 aliphatic rings. The molecule has 0 unspecified atom stereocenters. The molecule has 0 saturated carbocycles. The fraction of sp³-hybridized carbons (Fsp3) is 0.357. The number of anilines is 1. The zero-order chi connectivity index (χ0) is 15.6. The maximum atomic E-state index is 13.6. The molecule has 1 N–H and O–H groups in total. The molecule has 112 valence electrons. The predicted octanol–water partition coefficient (Wildman–Crippen LogP) is 1.12. The lowest BCUT2D eigenvalue weighted by atomic mass is 10.1. The minimum atomic E-state index is -0.348. The maximum Gasteiger partial charge on any atom is 0.228 e. The minimum absolute atomic E-state index is 0.174. The Balaban J connectivity index is 2.27. The largest absolute Gasteiger partial charge is 0.357 e. The van der Waals surface area contributed by atoms with Gasteiger partial charge in [0.05, 0.1) is 5.52 Å². The van der Waals surface area contributed by atoms with Crippen LogP contribution in [0.25, 0.3) is 10.9 Å². The van der Waals surface area contributed by atoms with Crippen molar-refractivity contribution in [1.82, 2.24) is 15.1 Å². The van der Waals surface area contributed by atoms with Crippen LogP contribution in [0, 0.1) is 12.7 Å². The van der Waals surface area contributed by atoms with Crippen LogP contribution in [0.15, 0.2) is 12.1 Å². The molecule has 1 aromatic heterocycles. The van der Waals surface area contributed by atoms with Crippen LogP contribution in [0.5, 0.6) is 0 Å². The third-order valence-corrected chi connectivity index (χ3v) is 3.37. The van der Waals surface area contributed by atoms with Crippen molar-refractivity contribution in [3.63, 3.8) is 0 Å². The van der Waals surface area contributed by atoms with Crippen molar-refractivity contribution in [2.24, 2.45) is 7.05 Å². The third kappa shape index (κ3) is 3.01. The van der Waals surface area contributed by atoms with E-state index in [-0.39, 0.29) is 18.1 Å². The van der Waals surface area contributed by atoms with Crippen LogP contribution in [0.4, 0.5) is 10.2 Å². The van der Waals surface area contributed by atoms with Crippen molar-refractivity contribution in [3.05, 3.63) is 23.5 Å². The molecule has 21 heavy (non-hydrogen) atoms. The van der Waals surface area contributed by atoms with Crippen molar-refractivity contribution in [2.45, 2.75) is 13.3 Å². The number of carbonyl (C=O) groups excluding carboxylic acids is 2. The highest BCUT2D eigenvalue weighted by Gasteiger charge is 2.15. The SMILES string of the molecule is Cc1cc2c(N(C)CCC(=O)NC=O)nn(C)c2cc1F. The van der Waals surface area contributed by atoms with E-state index in [1.54, 1.807) is 31.8 Å². The van der Waals surface area contributed by atoms with Gasteiger partial charge in [0.25, 0.3) is 0 Å². The molecule has 0 atom stereocenters. The number of carbonyl (C=O) groups is 2. The number of aryl methyl sites for hydroxylation is 2. The number of nitrogens with zero attached hydrogens (tertiary/aromatic N) is 3. The summed E-state index contributed by atoms with van der Waals surface area (Å²) in [5.74, 6) is 0.0545. The van der Waals surface area contributed by atoms with Crippen molar-refractivity contribution < 1.29 is 14.0 Å². The number of halogens is 1. The summed E-state index contributed by atoms with van der Waals surface area (Å²) in [4.78, 5) is 23.3. The summed E-state index contributed by atoms with van der Waals surface area (Å²) in [7, 11) is 3.54. The number of hydrogen-bond acceptors (Lipinski definition) is 4. The van der Waals surface area contributed by atoms with Gasteiger partial charge >= 0.3 is 0 Å². The Bertz CT molecular complexity index is 696. The molecule has 6 nitrogen and oxygen atoms in total. The van der Waals surface area contributed by atoms with E-state index < -0.39 is 0 Å². The van der Waals surface area contributed by atoms with E-state index in [1.807, 2.05) is 4.90 Å². The zero-order valence-corrected chi connectivity index (χ0v) is 12.2. The standard InChI is InChI=1S/C14H17FN4O2/c1-9-6-10-12(7-11(9)15)19(3)17-14(10)18(2)5-4-13(21)16-8-20/h6-8H,4-5H2,1-3H3,(H,16,20,21). The van der Waals surface area contributed by atoms with Crippen molar-refractivity contribution >= 4 is 29.0 Å². The molecule has 0 aliphatic carbocycles. The van der Waals surface area contributed by atoms with E-state index in [1.165, 1.54) is 6.07 Å². The summed E-state index contributed by atoms with van der Waals surface area (Å²) in [5.41, 5.74) is 1.24. The highest BCUT2D eigenvalue weighted by atomic mass is 19.1. The van der Waals surface area contributed by atoms with Crippen LogP contribution in [-0.4, -0.2) is 35.7 Å². The van der Waals surface area contributed by atoms with Gasteiger partial charge in [-0.15, -0.1) is 0 Å². The third-order valence-electron chi connectivity index (χ3n) is 3.37. The minimum Gasteiger partial charge on any atom is -0.357 e. The molecule has 0 bridgehead atoms. The van der Waals surface area contributed by atoms with Gasteiger partial charge in [0, 0.05) is 38.5 Å². The van der Waals surface area contributed by atoms with E-state index in [0.717, 1.165) is 5.39 Å². The first kappa shape index (κ1) is 15.0. The molecular formula is C14H17FN4O2. The van der Waals surface area contributed by atoms with Gasteiger partial charge in [-0.3, -0.25) is 19.6 Å². The van der Waals surface area contributed by atoms with Crippen molar-refractivity contribution in [1.29, 1.82) is 0 Å². The van der Waals surface area contributed by atoms with Crippen LogP contribution >= 0.6 is 0 Å². The lowest BCUT2D eigenvalue weighted by Gasteiger charge is -2.16. The number of hydrogen-bond donors (Lipinski definition) is 1. The first-order chi connectivity index (χ1) is 9.93. The van der Waals surface area contributed by atoms with Crippen molar-refractivity contribution in [3.8, 4) is 0 Å². The molecule has 2 rings (SSSR count). The molecule has 2 amide bonds. The molecule has 1 heterocycles. The number of imide groups is 1. The smallest absolute Gasteiger partial charge is 0.228 e. The van der Waals surface area contributed by atoms with Gasteiger partial charge in [-0.2, -0.15) is 5.10 Å². The Morgan fingerprint density at radius 2 is 2.24 bits per heavy atom. The molecule has 7 heteroatoms. The monoisotopic (exact) mass is 292 g/mol. The average molecular weight is 292 g/mol. The fourth-order valence-electron chi connectivity index (χ4n) is 2.16. The summed E-state index contributed by atoms with van der Waals surface area (Å²) >= 11 is 0. The van der Waals surface area contributed by atoms with Crippen molar-refractivity contribution in [2.75, 3.05) is 18.5 Å². The lowest BCUT2D eigenvalue weighted by molar-refractivity contribution is -0.125. The van der Waals surface area contributed by atoms with E-state index in [4.69, 9.17) is 0 Å². The van der Waals surface area contributed by atoms with E-state index in [0.29, 0.717) is 29.9 Å². The van der Waals surface area contributed by atoms with Crippen LogP contribution in [0.1, 0.15) is 12.0 Å². The summed E-state index contributed by atoms with van der Waals surface area (Å²) in [6, 6.07) is 3.20. The number of aromatic nitrogens is 2. The van der Waals surface area contributed by atoms with Gasteiger partial charge in [0.15, 0.2) is 5.82 Å². The lowest BCUT2D eigenvalue weighted by Crippen LogP contribution is -2.28. The van der Waals surface area contributed by atoms with Gasteiger partial charge in [0.2, 0.25) is 12.3 Å². The Kier molecular flexibility index (Phi) is 4.21. The summed E-state index contributed by atoms with van der Waals surface area (Å²) < 4.78 is 15.2. The number of benzene rings is 1. The molecule has 0 fully saturated rings. The second-order valence-corrected chi connectivity index (χ2v) is 4.92. The maximum absolute atomic E-state index is 13.6. The Labute approximate surface area is 121 Å². The molecular weight excluding hydrogens is 275 g/mol. The normalized spacial score (nSPS) is 10.7. The van der Waals surface area contributed by atoms with E-state index in [9.17, 15) is 14.0 Å². The van der Waals surface area contributed by atoms with Crippen LogP contribution < -0.4 is 10.2 Å². The number of amides is 2. The van der Waals surface area contributed by atoms with Gasteiger partial charge < -0.3 is 4.90 Å². The van der Waals surface area contributed by atoms with Crippen LogP contribution in [0.2, 0.25) is 0 Å². The summed E-state index contributed by atoms with van der Waals surface area (Å²) in [6.45, 7) is 2.10. The zero-order valence-electron chi connectivity index (χ0n) is 12.2. The number of nitrogens with one attached hydrogen (secondary N) is 1. The van der Waals surface area contributed by atoms with Gasteiger partial charge in [0.1, 0.15) is 5.82 Å². The summed E-state index contributed by atoms with van der Waals surface area (Å²) in [5, 5.41) is 7.29. The predicted molar refractivity (Wildman–Crippen MR) is 77.5 cm³/mol. The number of fused-ring (bicyclic) bond motifs is 1. The first-order valence-electron chi connectivity index (χ1n) is 6.51. The average Bonchev–Trinajstić information content (AvgIpc) is 2.74. The van der Waals surface area contributed by atoms with Gasteiger partial charge in [-0.05, 0) is 18.6 Å². The van der Waals surface area contributed by atoms with Crippen LogP contribution in [-0.2, 0) is 16.6 Å². The number of rotatable bonds is 5. The highest BCUT2D eigenvalue weighted by Crippen LogP contribution is 2.27. The Hall–Kier alpha value is -2.44. The van der Waals surface area contributed by atoms with Gasteiger partial charge in [-0.25, -0.2) is 4.39 Å². The first-order valence-corrected chi connectivity index (χ1v) is 6.51. The Morgan fingerprint density at radius 3 is 2.90 bits per heavy atom. The molecule has 2 aromatic rings. The molecule has 0 aliphatic heterocycles. The Morgan fingerprint density at radius 1 is 1.52 bits per heavy atom. The van der Waals surface area contributed by atoms with E-state index >= 15 is 0 Å². The topological polar surface area (TPSA) is 67.2 Å². The quantitative estimate of drug-likeness (QED) is 0.839. The molecule has 0 radical (unpaired) electrons. The highest BCUT2D eigenvalue weighted by molar-refractivity contribution is 5.91. The fourth-order valence-corrected chi connectivity index (χ4v) is 2.16. The van der Waals surface area contributed by atoms with E-state index in [2.05, 4.69) is 10.4 Å². The second kappa shape index (κ2) is 5.90. The summed E-state index contributed by atoms with van der Waals surface area (Å²) in [6.07, 6.45) is 0.540.